The predicted octanol–water partition coefficient (Wildman–Crippen LogP) is 2.92. The maximum atomic E-state index is 13.1. The minimum absolute atomic E-state index is 0.0257. The third kappa shape index (κ3) is 4.99. The van der Waals surface area contributed by atoms with Crippen LogP contribution in [0.3, 0.4) is 0 Å². The van der Waals surface area contributed by atoms with Crippen LogP contribution in [0.5, 0.6) is 0 Å². The third-order valence-electron chi connectivity index (χ3n) is 6.23. The quantitative estimate of drug-likeness (QED) is 0.830. The monoisotopic (exact) mass is 376 g/mol. The SMILES string of the molecule is CCN(Cc1ccc(F)cc1)C(=O)NCC1(N2CCN(C)CC2)CCCC1. The molecule has 2 aliphatic rings. The van der Waals surface area contributed by atoms with Crippen LogP contribution >= 0.6 is 0 Å². The van der Waals surface area contributed by atoms with E-state index in [0.29, 0.717) is 13.1 Å². The van der Waals surface area contributed by atoms with Gasteiger partial charge in [-0.15, -0.1) is 0 Å². The van der Waals surface area contributed by atoms with E-state index in [-0.39, 0.29) is 17.4 Å². The Kier molecular flexibility index (Phi) is 6.71. The van der Waals surface area contributed by atoms with E-state index in [1.807, 2.05) is 6.92 Å². The van der Waals surface area contributed by atoms with Gasteiger partial charge in [-0.2, -0.15) is 0 Å². The maximum absolute atomic E-state index is 13.1. The number of benzene rings is 1. The van der Waals surface area contributed by atoms with E-state index in [4.69, 9.17) is 0 Å². The molecule has 0 aromatic heterocycles. The van der Waals surface area contributed by atoms with E-state index in [1.165, 1.54) is 37.8 Å². The second kappa shape index (κ2) is 9.02. The summed E-state index contributed by atoms with van der Waals surface area (Å²) in [6.07, 6.45) is 4.83. The van der Waals surface area contributed by atoms with E-state index >= 15 is 0 Å². The van der Waals surface area contributed by atoms with Crippen molar-refractivity contribution < 1.29 is 9.18 Å². The van der Waals surface area contributed by atoms with Crippen molar-refractivity contribution in [3.8, 4) is 0 Å². The zero-order valence-corrected chi connectivity index (χ0v) is 16.7. The first-order valence-corrected chi connectivity index (χ1v) is 10.2. The van der Waals surface area contributed by atoms with Crippen LogP contribution in [0, 0.1) is 5.82 Å². The molecule has 150 valence electrons. The van der Waals surface area contributed by atoms with Crippen LogP contribution in [0.1, 0.15) is 38.2 Å². The lowest BCUT2D eigenvalue weighted by Crippen LogP contribution is -2.60. The van der Waals surface area contributed by atoms with Gasteiger partial charge in [0.05, 0.1) is 0 Å². The molecule has 2 amide bonds. The number of hydrogen-bond donors (Lipinski definition) is 1. The first-order valence-electron chi connectivity index (χ1n) is 10.2. The van der Waals surface area contributed by atoms with Crippen molar-refractivity contribution in [2.45, 2.75) is 44.7 Å². The Balaban J connectivity index is 1.58. The Morgan fingerprint density at radius 2 is 1.78 bits per heavy atom. The molecule has 1 aromatic rings. The summed E-state index contributed by atoms with van der Waals surface area (Å²) in [5.41, 5.74) is 1.06. The lowest BCUT2D eigenvalue weighted by molar-refractivity contribution is 0.0433. The number of likely N-dealkylation sites (N-methyl/N-ethyl adjacent to an activating group) is 1. The van der Waals surface area contributed by atoms with Gasteiger partial charge in [0.1, 0.15) is 5.82 Å². The van der Waals surface area contributed by atoms with Crippen LogP contribution in [0.4, 0.5) is 9.18 Å². The van der Waals surface area contributed by atoms with E-state index < -0.39 is 0 Å². The molecule has 1 aromatic carbocycles. The van der Waals surface area contributed by atoms with Crippen LogP contribution in [0.2, 0.25) is 0 Å². The molecular formula is C21H33FN4O. The fraction of sp³-hybridized carbons (Fsp3) is 0.667. The topological polar surface area (TPSA) is 38.8 Å². The second-order valence-corrected chi connectivity index (χ2v) is 8.02. The molecule has 0 bridgehead atoms. The van der Waals surface area contributed by atoms with Gasteiger partial charge in [-0.1, -0.05) is 25.0 Å². The van der Waals surface area contributed by atoms with E-state index in [2.05, 4.69) is 22.2 Å². The lowest BCUT2D eigenvalue weighted by Gasteiger charge is -2.45. The number of nitrogens with zero attached hydrogens (tertiary/aromatic N) is 3. The fourth-order valence-corrected chi connectivity index (χ4v) is 4.41. The average molecular weight is 377 g/mol. The summed E-state index contributed by atoms with van der Waals surface area (Å²) in [6, 6.07) is 6.36. The summed E-state index contributed by atoms with van der Waals surface area (Å²) in [6.45, 7) is 8.20. The molecule has 1 saturated carbocycles. The molecule has 1 aliphatic carbocycles. The zero-order chi connectivity index (χ0) is 19.3. The van der Waals surface area contributed by atoms with Crippen molar-refractivity contribution in [1.29, 1.82) is 0 Å². The van der Waals surface area contributed by atoms with E-state index in [9.17, 15) is 9.18 Å². The smallest absolute Gasteiger partial charge is 0.317 e. The molecule has 5 nitrogen and oxygen atoms in total. The first kappa shape index (κ1) is 20.1. The summed E-state index contributed by atoms with van der Waals surface area (Å²) < 4.78 is 13.1. The van der Waals surface area contributed by atoms with Gasteiger partial charge in [-0.3, -0.25) is 4.90 Å². The van der Waals surface area contributed by atoms with Gasteiger partial charge in [0.25, 0.3) is 0 Å². The molecule has 2 fully saturated rings. The molecule has 1 aliphatic heterocycles. The highest BCUT2D eigenvalue weighted by Gasteiger charge is 2.40. The Labute approximate surface area is 162 Å². The highest BCUT2D eigenvalue weighted by Crippen LogP contribution is 2.35. The van der Waals surface area contributed by atoms with Crippen LogP contribution in [0.25, 0.3) is 0 Å². The summed E-state index contributed by atoms with van der Waals surface area (Å²) in [5, 5.41) is 3.21. The van der Waals surface area contributed by atoms with Crippen molar-refractivity contribution in [1.82, 2.24) is 20.0 Å². The fourth-order valence-electron chi connectivity index (χ4n) is 4.41. The van der Waals surface area contributed by atoms with Gasteiger partial charge in [0.15, 0.2) is 0 Å². The van der Waals surface area contributed by atoms with Gasteiger partial charge in [-0.25, -0.2) is 9.18 Å². The summed E-state index contributed by atoms with van der Waals surface area (Å²) in [4.78, 5) is 19.6. The van der Waals surface area contributed by atoms with Gasteiger partial charge >= 0.3 is 6.03 Å². The molecule has 0 atom stereocenters. The molecule has 0 unspecified atom stereocenters. The average Bonchev–Trinajstić information content (AvgIpc) is 3.16. The predicted molar refractivity (Wildman–Crippen MR) is 106 cm³/mol. The Morgan fingerprint density at radius 1 is 1.15 bits per heavy atom. The molecule has 3 rings (SSSR count). The first-order chi connectivity index (χ1) is 13.0. The molecule has 0 radical (unpaired) electrons. The minimum atomic E-state index is -0.249. The van der Waals surface area contributed by atoms with Crippen LogP contribution in [-0.2, 0) is 6.54 Å². The highest BCUT2D eigenvalue weighted by atomic mass is 19.1. The minimum Gasteiger partial charge on any atom is -0.336 e. The van der Waals surface area contributed by atoms with Gasteiger partial charge in [-0.05, 0) is 44.5 Å². The number of carbonyl (C=O) groups is 1. The number of amides is 2. The van der Waals surface area contributed by atoms with Gasteiger partial charge in [0, 0.05) is 51.4 Å². The molecule has 1 heterocycles. The summed E-state index contributed by atoms with van der Waals surface area (Å²) in [5.74, 6) is -0.249. The molecule has 1 saturated heterocycles. The Bertz CT molecular complexity index is 607. The number of halogens is 1. The highest BCUT2D eigenvalue weighted by molar-refractivity contribution is 5.74. The Morgan fingerprint density at radius 3 is 2.37 bits per heavy atom. The summed E-state index contributed by atoms with van der Waals surface area (Å²) in [7, 11) is 2.18. The molecular weight excluding hydrogens is 343 g/mol. The molecule has 6 heteroatoms. The number of carbonyl (C=O) groups excluding carboxylic acids is 1. The molecule has 27 heavy (non-hydrogen) atoms. The van der Waals surface area contributed by atoms with Gasteiger partial charge in [0.2, 0.25) is 0 Å². The lowest BCUT2D eigenvalue weighted by atomic mass is 9.94. The van der Waals surface area contributed by atoms with Crippen molar-refractivity contribution in [2.24, 2.45) is 0 Å². The van der Waals surface area contributed by atoms with Crippen molar-refractivity contribution in [3.63, 3.8) is 0 Å². The molecule has 0 spiro atoms. The van der Waals surface area contributed by atoms with Crippen molar-refractivity contribution in [2.75, 3.05) is 46.3 Å². The van der Waals surface area contributed by atoms with Gasteiger partial charge < -0.3 is 15.1 Å². The second-order valence-electron chi connectivity index (χ2n) is 8.02. The largest absolute Gasteiger partial charge is 0.336 e. The van der Waals surface area contributed by atoms with E-state index in [0.717, 1.165) is 38.3 Å². The van der Waals surface area contributed by atoms with Crippen molar-refractivity contribution >= 4 is 6.03 Å². The number of urea groups is 1. The van der Waals surface area contributed by atoms with E-state index in [1.54, 1.807) is 17.0 Å². The summed E-state index contributed by atoms with van der Waals surface area (Å²) >= 11 is 0. The van der Waals surface area contributed by atoms with Crippen LogP contribution < -0.4 is 5.32 Å². The number of nitrogens with one attached hydrogen (secondary N) is 1. The van der Waals surface area contributed by atoms with Crippen molar-refractivity contribution in [3.05, 3.63) is 35.6 Å². The van der Waals surface area contributed by atoms with Crippen LogP contribution in [-0.4, -0.2) is 72.6 Å². The maximum Gasteiger partial charge on any atom is 0.317 e. The van der Waals surface area contributed by atoms with Crippen LogP contribution in [0.15, 0.2) is 24.3 Å². The molecule has 1 N–H and O–H groups in total. The number of piperazine rings is 1. The number of hydrogen-bond acceptors (Lipinski definition) is 3. The number of rotatable bonds is 6. The normalized spacial score (nSPS) is 20.6. The standard InChI is InChI=1S/C21H33FN4O/c1-3-25(16-18-6-8-19(22)9-7-18)20(27)23-17-21(10-4-5-11-21)26-14-12-24(2)13-15-26/h6-9H,3-5,10-17H2,1-2H3,(H,23,27). The zero-order valence-electron chi connectivity index (χ0n) is 16.7. The third-order valence-corrected chi connectivity index (χ3v) is 6.23. The Hall–Kier alpha value is -1.66.